The summed E-state index contributed by atoms with van der Waals surface area (Å²) in [5.41, 5.74) is 6.55. The molecule has 0 saturated carbocycles. The van der Waals surface area contributed by atoms with E-state index in [0.717, 1.165) is 47.2 Å². The minimum absolute atomic E-state index is 0.843. The van der Waals surface area contributed by atoms with Gasteiger partial charge < -0.3 is 21.3 Å². The van der Waals surface area contributed by atoms with Crippen LogP contribution < -0.4 is 21.3 Å². The maximum atomic E-state index is 3.45. The Labute approximate surface area is 178 Å². The van der Waals surface area contributed by atoms with Gasteiger partial charge in [0.1, 0.15) is 0 Å². The largest absolute Gasteiger partial charge is 0.383 e. The van der Waals surface area contributed by atoms with Gasteiger partial charge >= 0.3 is 0 Å². The van der Waals surface area contributed by atoms with Gasteiger partial charge in [0.05, 0.1) is 0 Å². The first-order chi connectivity index (χ1) is 14.8. The number of nitrogens with one attached hydrogen (secondary N) is 4. The van der Waals surface area contributed by atoms with Gasteiger partial charge in [-0.1, -0.05) is 36.4 Å². The average molecular weight is 395 g/mol. The molecule has 0 radical (unpaired) electrons. The Kier molecular flexibility index (Phi) is 6.48. The van der Waals surface area contributed by atoms with Crippen molar-refractivity contribution in [3.63, 3.8) is 0 Å². The lowest BCUT2D eigenvalue weighted by atomic mass is 10.2. The average Bonchev–Trinajstić information content (AvgIpc) is 2.80. The molecule has 4 N–H and O–H groups in total. The molecular weight excluding hydrogens is 368 g/mol. The molecule has 0 aliphatic rings. The van der Waals surface area contributed by atoms with Crippen LogP contribution in [0.15, 0.2) is 109 Å². The molecule has 0 aliphatic carbocycles. The summed E-state index contributed by atoms with van der Waals surface area (Å²) in [6.07, 6.45) is 0. The van der Waals surface area contributed by atoms with E-state index in [4.69, 9.17) is 0 Å². The van der Waals surface area contributed by atoms with Gasteiger partial charge in [-0.25, -0.2) is 0 Å². The van der Waals surface area contributed by atoms with Crippen molar-refractivity contribution >= 4 is 34.1 Å². The fraction of sp³-hybridized carbons (Fsp3) is 0.0769. The molecule has 4 aromatic carbocycles. The Morgan fingerprint density at radius 1 is 0.333 bits per heavy atom. The second-order valence-corrected chi connectivity index (χ2v) is 6.99. The smallest absolute Gasteiger partial charge is 0.0385 e. The molecule has 0 amide bonds. The highest BCUT2D eigenvalue weighted by Crippen LogP contribution is 2.20. The minimum atomic E-state index is 0.843. The molecule has 30 heavy (non-hydrogen) atoms. The maximum absolute atomic E-state index is 3.45. The van der Waals surface area contributed by atoms with Crippen LogP contribution in [0.25, 0.3) is 0 Å². The van der Waals surface area contributed by atoms with Crippen LogP contribution in [-0.4, -0.2) is 13.1 Å². The van der Waals surface area contributed by atoms with Crippen molar-refractivity contribution in [2.75, 3.05) is 34.4 Å². The zero-order valence-corrected chi connectivity index (χ0v) is 16.8. The highest BCUT2D eigenvalue weighted by molar-refractivity contribution is 5.63. The molecule has 4 heteroatoms. The molecule has 0 heterocycles. The van der Waals surface area contributed by atoms with E-state index in [1.165, 1.54) is 0 Å². The maximum Gasteiger partial charge on any atom is 0.0385 e. The molecule has 0 atom stereocenters. The van der Waals surface area contributed by atoms with Gasteiger partial charge in [-0.05, 0) is 72.8 Å². The van der Waals surface area contributed by atoms with Crippen LogP contribution in [0.1, 0.15) is 0 Å². The van der Waals surface area contributed by atoms with Crippen LogP contribution in [-0.2, 0) is 0 Å². The molecule has 0 spiro atoms. The summed E-state index contributed by atoms with van der Waals surface area (Å²) in [6.45, 7) is 1.69. The SMILES string of the molecule is c1ccc(Nc2ccc(NCCNc3ccc(Nc4ccccc4)cc3)cc2)cc1. The third kappa shape index (κ3) is 5.79. The van der Waals surface area contributed by atoms with Crippen LogP contribution in [0.2, 0.25) is 0 Å². The Hall–Kier alpha value is -3.92. The van der Waals surface area contributed by atoms with Gasteiger partial charge in [-0.15, -0.1) is 0 Å². The van der Waals surface area contributed by atoms with Crippen molar-refractivity contribution in [3.05, 3.63) is 109 Å². The topological polar surface area (TPSA) is 48.1 Å². The van der Waals surface area contributed by atoms with Crippen LogP contribution in [0, 0.1) is 0 Å². The van der Waals surface area contributed by atoms with E-state index < -0.39 is 0 Å². The summed E-state index contributed by atoms with van der Waals surface area (Å²) in [5.74, 6) is 0. The molecule has 0 fully saturated rings. The lowest BCUT2D eigenvalue weighted by molar-refractivity contribution is 1.08. The van der Waals surface area contributed by atoms with E-state index in [-0.39, 0.29) is 0 Å². The Balaban J connectivity index is 1.19. The standard InChI is InChI=1S/C26H26N4/c1-3-7-23(8-4-1)29-25-15-11-21(12-16-25)27-19-20-28-22-13-17-26(18-14-22)30-24-9-5-2-6-10-24/h1-18,27-30H,19-20H2. The van der Waals surface area contributed by atoms with E-state index >= 15 is 0 Å². The first-order valence-corrected chi connectivity index (χ1v) is 10.2. The highest BCUT2D eigenvalue weighted by atomic mass is 14.9. The fourth-order valence-electron chi connectivity index (χ4n) is 3.13. The monoisotopic (exact) mass is 394 g/mol. The Bertz CT molecular complexity index is 927. The number of benzene rings is 4. The molecule has 0 bridgehead atoms. The summed E-state index contributed by atoms with van der Waals surface area (Å²) >= 11 is 0. The summed E-state index contributed by atoms with van der Waals surface area (Å²) < 4.78 is 0. The number of rotatable bonds is 9. The minimum Gasteiger partial charge on any atom is -0.383 e. The predicted molar refractivity (Wildman–Crippen MR) is 129 cm³/mol. The van der Waals surface area contributed by atoms with Crippen molar-refractivity contribution in [2.45, 2.75) is 0 Å². The first kappa shape index (κ1) is 19.4. The molecule has 4 nitrogen and oxygen atoms in total. The zero-order valence-electron chi connectivity index (χ0n) is 16.8. The first-order valence-electron chi connectivity index (χ1n) is 10.2. The van der Waals surface area contributed by atoms with Crippen molar-refractivity contribution in [3.8, 4) is 0 Å². The van der Waals surface area contributed by atoms with Gasteiger partial charge in [-0.2, -0.15) is 0 Å². The van der Waals surface area contributed by atoms with Crippen molar-refractivity contribution in [1.29, 1.82) is 0 Å². The molecule has 0 aromatic heterocycles. The Morgan fingerprint density at radius 3 is 1.00 bits per heavy atom. The molecule has 150 valence electrons. The van der Waals surface area contributed by atoms with Crippen LogP contribution in [0.5, 0.6) is 0 Å². The van der Waals surface area contributed by atoms with Crippen LogP contribution in [0.3, 0.4) is 0 Å². The highest BCUT2D eigenvalue weighted by Gasteiger charge is 1.97. The van der Waals surface area contributed by atoms with Gasteiger partial charge in [0.15, 0.2) is 0 Å². The third-order valence-corrected chi connectivity index (χ3v) is 4.68. The van der Waals surface area contributed by atoms with Gasteiger partial charge in [0, 0.05) is 47.2 Å². The summed E-state index contributed by atoms with van der Waals surface area (Å²) in [7, 11) is 0. The van der Waals surface area contributed by atoms with Gasteiger partial charge in [0.25, 0.3) is 0 Å². The molecule has 0 aliphatic heterocycles. The quantitative estimate of drug-likeness (QED) is 0.239. The number of anilines is 6. The predicted octanol–water partition coefficient (Wildman–Crippen LogP) is 6.70. The second kappa shape index (κ2) is 10.0. The van der Waals surface area contributed by atoms with Crippen molar-refractivity contribution in [1.82, 2.24) is 0 Å². The molecule has 0 saturated heterocycles. The fourth-order valence-corrected chi connectivity index (χ4v) is 3.13. The number of para-hydroxylation sites is 2. The summed E-state index contributed by atoms with van der Waals surface area (Å²) in [5, 5.41) is 13.7. The zero-order chi connectivity index (χ0) is 20.4. The van der Waals surface area contributed by atoms with Crippen molar-refractivity contribution in [2.24, 2.45) is 0 Å². The van der Waals surface area contributed by atoms with Crippen molar-refractivity contribution < 1.29 is 0 Å². The van der Waals surface area contributed by atoms with Crippen LogP contribution >= 0.6 is 0 Å². The van der Waals surface area contributed by atoms with E-state index in [2.05, 4.69) is 94.1 Å². The third-order valence-electron chi connectivity index (χ3n) is 4.68. The molecule has 4 rings (SSSR count). The summed E-state index contributed by atoms with van der Waals surface area (Å²) in [6, 6.07) is 37.1. The Morgan fingerprint density at radius 2 is 0.633 bits per heavy atom. The van der Waals surface area contributed by atoms with E-state index in [9.17, 15) is 0 Å². The van der Waals surface area contributed by atoms with Gasteiger partial charge in [0.2, 0.25) is 0 Å². The van der Waals surface area contributed by atoms with Gasteiger partial charge in [-0.3, -0.25) is 0 Å². The molecule has 4 aromatic rings. The van der Waals surface area contributed by atoms with E-state index in [1.807, 2.05) is 36.4 Å². The lowest BCUT2D eigenvalue weighted by Gasteiger charge is -2.11. The summed E-state index contributed by atoms with van der Waals surface area (Å²) in [4.78, 5) is 0. The number of hydrogen-bond acceptors (Lipinski definition) is 4. The van der Waals surface area contributed by atoms with E-state index in [1.54, 1.807) is 0 Å². The lowest BCUT2D eigenvalue weighted by Crippen LogP contribution is -2.13. The normalized spacial score (nSPS) is 10.3. The van der Waals surface area contributed by atoms with E-state index in [0.29, 0.717) is 0 Å². The van der Waals surface area contributed by atoms with Crippen LogP contribution in [0.4, 0.5) is 34.1 Å². The molecular formula is C26H26N4. The second-order valence-electron chi connectivity index (χ2n) is 6.99. The molecule has 0 unspecified atom stereocenters. The number of hydrogen-bond donors (Lipinski definition) is 4.